The Labute approximate surface area is 168 Å². The lowest BCUT2D eigenvalue weighted by Gasteiger charge is -2.12. The summed E-state index contributed by atoms with van der Waals surface area (Å²) < 4.78 is 20.7. The van der Waals surface area contributed by atoms with Crippen LogP contribution < -0.4 is 19.5 Å². The molecule has 0 aliphatic carbocycles. The van der Waals surface area contributed by atoms with Gasteiger partial charge < -0.3 is 24.3 Å². The number of carbonyl (C=O) groups excluding carboxylic acids is 2. The Balaban J connectivity index is 1.95. The predicted molar refractivity (Wildman–Crippen MR) is 106 cm³/mol. The van der Waals surface area contributed by atoms with Crippen molar-refractivity contribution in [2.24, 2.45) is 0 Å². The van der Waals surface area contributed by atoms with Gasteiger partial charge in [0, 0.05) is 11.8 Å². The van der Waals surface area contributed by atoms with Crippen LogP contribution in [0.1, 0.15) is 11.1 Å². The number of esters is 1. The quantitative estimate of drug-likeness (QED) is 0.540. The zero-order valence-electron chi connectivity index (χ0n) is 16.2. The summed E-state index contributed by atoms with van der Waals surface area (Å²) in [6.07, 6.45) is 2.69. The maximum atomic E-state index is 11.9. The number of nitrogens with one attached hydrogen (secondary N) is 1. The zero-order valence-corrected chi connectivity index (χ0v) is 16.2. The third-order valence-electron chi connectivity index (χ3n) is 3.72. The number of benzene rings is 2. The lowest BCUT2D eigenvalue weighted by molar-refractivity contribution is -0.142. The Bertz CT molecular complexity index is 937. The molecule has 2 aromatic carbocycles. The molecule has 0 unspecified atom stereocenters. The van der Waals surface area contributed by atoms with Crippen molar-refractivity contribution in [1.82, 2.24) is 0 Å². The molecule has 0 fully saturated rings. The number of anilines is 1. The van der Waals surface area contributed by atoms with Gasteiger partial charge in [-0.1, -0.05) is 6.07 Å². The zero-order chi connectivity index (χ0) is 21.2. The van der Waals surface area contributed by atoms with E-state index >= 15 is 0 Å². The van der Waals surface area contributed by atoms with Crippen LogP contribution in [0.15, 0.2) is 42.5 Å². The number of nitriles is 1. The normalized spacial score (nSPS) is 10.1. The molecule has 150 valence electrons. The fraction of sp³-hybridized carbons (Fsp3) is 0.190. The molecule has 2 rings (SSSR count). The lowest BCUT2D eigenvalue weighted by Crippen LogP contribution is -2.20. The van der Waals surface area contributed by atoms with Crippen LogP contribution in [-0.2, 0) is 14.3 Å². The summed E-state index contributed by atoms with van der Waals surface area (Å²) in [5, 5.41) is 11.4. The van der Waals surface area contributed by atoms with Crippen molar-refractivity contribution in [3.8, 4) is 23.3 Å². The van der Waals surface area contributed by atoms with Crippen LogP contribution in [0.2, 0.25) is 0 Å². The highest BCUT2D eigenvalue weighted by atomic mass is 16.5. The molecule has 0 spiro atoms. The molecule has 0 saturated carbocycles. The molecule has 0 aromatic heterocycles. The molecule has 1 N–H and O–H groups in total. The molecule has 0 bridgehead atoms. The molecule has 0 heterocycles. The minimum atomic E-state index is -0.695. The highest BCUT2D eigenvalue weighted by Crippen LogP contribution is 2.38. The summed E-state index contributed by atoms with van der Waals surface area (Å²) in [4.78, 5) is 23.8. The van der Waals surface area contributed by atoms with E-state index in [2.05, 4.69) is 5.32 Å². The molecule has 29 heavy (non-hydrogen) atoms. The molecular formula is C21H20N2O6. The average Bonchev–Trinajstić information content (AvgIpc) is 2.75. The van der Waals surface area contributed by atoms with E-state index in [1.54, 1.807) is 30.3 Å². The molecule has 0 aliphatic rings. The van der Waals surface area contributed by atoms with Crippen molar-refractivity contribution in [3.05, 3.63) is 53.6 Å². The molecule has 0 aliphatic heterocycles. The van der Waals surface area contributed by atoms with Crippen molar-refractivity contribution in [3.63, 3.8) is 0 Å². The van der Waals surface area contributed by atoms with E-state index in [-0.39, 0.29) is 0 Å². The van der Waals surface area contributed by atoms with Gasteiger partial charge in [-0.05, 0) is 42.0 Å². The first kappa shape index (κ1) is 21.3. The number of ether oxygens (including phenoxy) is 4. The van der Waals surface area contributed by atoms with Crippen LogP contribution >= 0.6 is 0 Å². The lowest BCUT2D eigenvalue weighted by atomic mass is 10.1. The van der Waals surface area contributed by atoms with Crippen LogP contribution in [0.5, 0.6) is 17.2 Å². The Hall–Kier alpha value is -3.99. The van der Waals surface area contributed by atoms with E-state index in [0.29, 0.717) is 34.1 Å². The maximum Gasteiger partial charge on any atom is 0.331 e. The first-order valence-electron chi connectivity index (χ1n) is 8.45. The number of hydrogen-bond donors (Lipinski definition) is 1. The van der Waals surface area contributed by atoms with Crippen molar-refractivity contribution >= 4 is 23.6 Å². The average molecular weight is 396 g/mol. The Morgan fingerprint density at radius 2 is 1.76 bits per heavy atom. The highest BCUT2D eigenvalue weighted by molar-refractivity contribution is 5.94. The van der Waals surface area contributed by atoms with Gasteiger partial charge in [-0.15, -0.1) is 0 Å². The van der Waals surface area contributed by atoms with E-state index < -0.39 is 18.5 Å². The number of methoxy groups -OCH3 is 3. The first-order chi connectivity index (χ1) is 14.0. The van der Waals surface area contributed by atoms with Gasteiger partial charge in [0.1, 0.15) is 0 Å². The second-order valence-corrected chi connectivity index (χ2v) is 5.64. The molecule has 8 nitrogen and oxygen atoms in total. The van der Waals surface area contributed by atoms with Gasteiger partial charge in [-0.25, -0.2) is 4.79 Å². The topological polar surface area (TPSA) is 107 Å². The SMILES string of the molecule is COc1cc(/C=C/C(=O)OCC(=O)Nc2cccc(C#N)c2)cc(OC)c1OC. The summed E-state index contributed by atoms with van der Waals surface area (Å²) in [7, 11) is 4.48. The van der Waals surface area contributed by atoms with Crippen molar-refractivity contribution < 1.29 is 28.5 Å². The third kappa shape index (κ3) is 6.01. The van der Waals surface area contributed by atoms with Crippen LogP contribution in [0.3, 0.4) is 0 Å². The fourth-order valence-corrected chi connectivity index (χ4v) is 2.41. The third-order valence-corrected chi connectivity index (χ3v) is 3.72. The highest BCUT2D eigenvalue weighted by Gasteiger charge is 2.12. The smallest absolute Gasteiger partial charge is 0.331 e. The Morgan fingerprint density at radius 1 is 1.07 bits per heavy atom. The first-order valence-corrected chi connectivity index (χ1v) is 8.45. The van der Waals surface area contributed by atoms with Crippen LogP contribution in [0, 0.1) is 11.3 Å². The van der Waals surface area contributed by atoms with Crippen LogP contribution in [0.25, 0.3) is 6.08 Å². The standard InChI is InChI=1S/C21H20N2O6/c1-26-17-10-14(11-18(27-2)21(17)28-3)7-8-20(25)29-13-19(24)23-16-6-4-5-15(9-16)12-22/h4-11H,13H2,1-3H3,(H,23,24)/b8-7+. The van der Waals surface area contributed by atoms with Gasteiger partial charge in [0.15, 0.2) is 18.1 Å². The van der Waals surface area contributed by atoms with Gasteiger partial charge >= 0.3 is 5.97 Å². The van der Waals surface area contributed by atoms with E-state index in [0.717, 1.165) is 0 Å². The monoisotopic (exact) mass is 396 g/mol. The summed E-state index contributed by atoms with van der Waals surface area (Å²) in [5.74, 6) is 0.110. The van der Waals surface area contributed by atoms with Gasteiger partial charge in [-0.2, -0.15) is 5.26 Å². The number of nitrogens with zero attached hydrogens (tertiary/aromatic N) is 1. The second kappa shape index (κ2) is 10.4. The van der Waals surface area contributed by atoms with Gasteiger partial charge in [0.25, 0.3) is 5.91 Å². The Kier molecular flexibility index (Phi) is 7.62. The summed E-state index contributed by atoms with van der Waals surface area (Å²) >= 11 is 0. The van der Waals surface area contributed by atoms with Gasteiger partial charge in [-0.3, -0.25) is 4.79 Å². The minimum absolute atomic E-state index is 0.410. The maximum absolute atomic E-state index is 11.9. The van der Waals surface area contributed by atoms with E-state index in [9.17, 15) is 9.59 Å². The van der Waals surface area contributed by atoms with Gasteiger partial charge in [0.2, 0.25) is 5.75 Å². The van der Waals surface area contributed by atoms with Crippen molar-refractivity contribution in [2.45, 2.75) is 0 Å². The number of carbonyl (C=O) groups is 2. The molecule has 0 radical (unpaired) electrons. The van der Waals surface area contributed by atoms with E-state index in [1.807, 2.05) is 6.07 Å². The number of rotatable bonds is 8. The van der Waals surface area contributed by atoms with Crippen LogP contribution in [0.4, 0.5) is 5.69 Å². The van der Waals surface area contributed by atoms with Crippen LogP contribution in [-0.4, -0.2) is 39.8 Å². The summed E-state index contributed by atoms with van der Waals surface area (Å²) in [6, 6.07) is 11.7. The predicted octanol–water partition coefficient (Wildman–Crippen LogP) is 2.78. The van der Waals surface area contributed by atoms with E-state index in [4.69, 9.17) is 24.2 Å². The van der Waals surface area contributed by atoms with Gasteiger partial charge in [0.05, 0.1) is 33.0 Å². The largest absolute Gasteiger partial charge is 0.493 e. The molecule has 2 aromatic rings. The molecule has 8 heteroatoms. The molecule has 0 atom stereocenters. The fourth-order valence-electron chi connectivity index (χ4n) is 2.41. The molecular weight excluding hydrogens is 376 g/mol. The van der Waals surface area contributed by atoms with E-state index in [1.165, 1.54) is 39.5 Å². The molecule has 1 amide bonds. The minimum Gasteiger partial charge on any atom is -0.493 e. The summed E-state index contributed by atoms with van der Waals surface area (Å²) in [5.41, 5.74) is 1.47. The van der Waals surface area contributed by atoms with Crippen molar-refractivity contribution in [1.29, 1.82) is 5.26 Å². The second-order valence-electron chi connectivity index (χ2n) is 5.64. The Morgan fingerprint density at radius 3 is 2.34 bits per heavy atom. The molecule has 0 saturated heterocycles. The number of hydrogen-bond acceptors (Lipinski definition) is 7. The summed E-state index contributed by atoms with van der Waals surface area (Å²) in [6.45, 7) is -0.463. The van der Waals surface area contributed by atoms with Crippen molar-refractivity contribution in [2.75, 3.05) is 33.3 Å². The number of amides is 1.